The molecule has 0 radical (unpaired) electrons. The fourth-order valence-corrected chi connectivity index (χ4v) is 3.02. The molecule has 0 aliphatic rings. The predicted molar refractivity (Wildman–Crippen MR) is 90.2 cm³/mol. The van der Waals surface area contributed by atoms with Crippen molar-refractivity contribution in [1.29, 1.82) is 0 Å². The monoisotopic (exact) mass is 341 g/mol. The number of rotatable bonds is 5. The molecule has 0 bridgehead atoms. The first-order valence-corrected chi connectivity index (χ1v) is 7.98. The van der Waals surface area contributed by atoms with Gasteiger partial charge in [0.1, 0.15) is 22.3 Å². The molecule has 6 heteroatoms. The summed E-state index contributed by atoms with van der Waals surface area (Å²) in [6.07, 6.45) is 0. The molecule has 2 nitrogen and oxygen atoms in total. The third-order valence-electron chi connectivity index (χ3n) is 2.65. The van der Waals surface area contributed by atoms with E-state index < -0.39 is 5.82 Å². The van der Waals surface area contributed by atoms with Gasteiger partial charge in [-0.3, -0.25) is 0 Å². The van der Waals surface area contributed by atoms with Crippen LogP contribution in [0.1, 0.15) is 12.5 Å². The predicted octanol–water partition coefficient (Wildman–Crippen LogP) is 5.02. The highest BCUT2D eigenvalue weighted by molar-refractivity contribution is 7.99. The number of halogens is 2. The fraction of sp³-hybridized carbons (Fsp3) is 0.133. The van der Waals surface area contributed by atoms with Crippen LogP contribution >= 0.6 is 35.6 Å². The Balaban J connectivity index is 2.41. The molecule has 2 aromatic carbocycles. The Morgan fingerprint density at radius 2 is 2.14 bits per heavy atom. The average molecular weight is 342 g/mol. The Labute approximate surface area is 137 Å². The Hall–Kier alpha value is -1.30. The van der Waals surface area contributed by atoms with Crippen molar-refractivity contribution in [2.24, 2.45) is 5.73 Å². The molecule has 110 valence electrons. The van der Waals surface area contributed by atoms with Gasteiger partial charge in [-0.05, 0) is 30.0 Å². The van der Waals surface area contributed by atoms with Gasteiger partial charge in [-0.1, -0.05) is 36.8 Å². The summed E-state index contributed by atoms with van der Waals surface area (Å²) < 4.78 is 19.2. The molecule has 0 atom stereocenters. The van der Waals surface area contributed by atoms with Gasteiger partial charge >= 0.3 is 0 Å². The van der Waals surface area contributed by atoms with Gasteiger partial charge in [-0.2, -0.15) is 0 Å². The first-order chi connectivity index (χ1) is 10.0. The molecule has 0 spiro atoms. The molecule has 0 aliphatic heterocycles. The maximum atomic E-state index is 13.5. The van der Waals surface area contributed by atoms with Gasteiger partial charge in [0.05, 0.1) is 10.6 Å². The molecule has 21 heavy (non-hydrogen) atoms. The van der Waals surface area contributed by atoms with Crippen molar-refractivity contribution in [2.75, 3.05) is 5.75 Å². The second kappa shape index (κ2) is 7.11. The van der Waals surface area contributed by atoms with Crippen LogP contribution in [0.4, 0.5) is 4.39 Å². The maximum Gasteiger partial charge on any atom is 0.145 e. The van der Waals surface area contributed by atoms with Crippen molar-refractivity contribution in [3.63, 3.8) is 0 Å². The van der Waals surface area contributed by atoms with Gasteiger partial charge in [-0.15, -0.1) is 11.8 Å². The van der Waals surface area contributed by atoms with Crippen LogP contribution in [0.5, 0.6) is 11.5 Å². The summed E-state index contributed by atoms with van der Waals surface area (Å²) >= 11 is 12.4. The van der Waals surface area contributed by atoms with E-state index >= 15 is 0 Å². The normalized spacial score (nSPS) is 10.4. The van der Waals surface area contributed by atoms with Crippen molar-refractivity contribution in [2.45, 2.75) is 11.8 Å². The molecule has 0 saturated heterocycles. The van der Waals surface area contributed by atoms with Gasteiger partial charge in [-0.25, -0.2) is 4.39 Å². The number of benzene rings is 2. The second-order valence-corrected chi connectivity index (χ2v) is 6.26. The van der Waals surface area contributed by atoms with Crippen LogP contribution in [0.3, 0.4) is 0 Å². The van der Waals surface area contributed by atoms with Gasteiger partial charge < -0.3 is 10.5 Å². The van der Waals surface area contributed by atoms with E-state index in [1.807, 2.05) is 19.1 Å². The van der Waals surface area contributed by atoms with Crippen LogP contribution in [0.15, 0.2) is 41.3 Å². The fourth-order valence-electron chi connectivity index (χ4n) is 1.78. The standard InChI is InChI=1S/C15H13ClFNOS2/c1-2-21-13-5-3-4-12(14(13)15(18)20)19-9-6-7-10(16)11(17)8-9/h3-8H,2H2,1H3,(H2,18,20). The summed E-state index contributed by atoms with van der Waals surface area (Å²) in [5.41, 5.74) is 6.46. The van der Waals surface area contributed by atoms with Crippen molar-refractivity contribution >= 4 is 40.6 Å². The highest BCUT2D eigenvalue weighted by Crippen LogP contribution is 2.33. The summed E-state index contributed by atoms with van der Waals surface area (Å²) in [7, 11) is 0. The van der Waals surface area contributed by atoms with E-state index in [0.29, 0.717) is 17.1 Å². The lowest BCUT2D eigenvalue weighted by Crippen LogP contribution is -2.12. The van der Waals surface area contributed by atoms with E-state index in [2.05, 4.69) is 0 Å². The number of nitrogens with two attached hydrogens (primary N) is 1. The summed E-state index contributed by atoms with van der Waals surface area (Å²) in [5, 5.41) is 0.0483. The van der Waals surface area contributed by atoms with Crippen LogP contribution in [-0.2, 0) is 0 Å². The number of ether oxygens (including phenoxy) is 1. The van der Waals surface area contributed by atoms with Gasteiger partial charge in [0.15, 0.2) is 0 Å². The first kappa shape index (κ1) is 16.1. The van der Waals surface area contributed by atoms with Crippen molar-refractivity contribution in [3.05, 3.63) is 52.8 Å². The minimum atomic E-state index is -0.537. The molecule has 0 aliphatic carbocycles. The first-order valence-electron chi connectivity index (χ1n) is 6.21. The van der Waals surface area contributed by atoms with E-state index in [1.165, 1.54) is 12.1 Å². The lowest BCUT2D eigenvalue weighted by atomic mass is 10.2. The third-order valence-corrected chi connectivity index (χ3v) is 4.10. The molecule has 0 fully saturated rings. The van der Waals surface area contributed by atoms with E-state index in [4.69, 9.17) is 34.3 Å². The molecule has 0 aromatic heterocycles. The number of thiocarbonyl (C=S) groups is 1. The van der Waals surface area contributed by atoms with Crippen molar-refractivity contribution < 1.29 is 9.13 Å². The van der Waals surface area contributed by atoms with Crippen LogP contribution in [0, 0.1) is 5.82 Å². The van der Waals surface area contributed by atoms with Crippen molar-refractivity contribution in [3.8, 4) is 11.5 Å². The molecule has 2 N–H and O–H groups in total. The summed E-state index contributed by atoms with van der Waals surface area (Å²) in [4.78, 5) is 1.19. The zero-order valence-corrected chi connectivity index (χ0v) is 13.6. The van der Waals surface area contributed by atoms with Gasteiger partial charge in [0.25, 0.3) is 0 Å². The van der Waals surface area contributed by atoms with E-state index in [9.17, 15) is 4.39 Å². The minimum Gasteiger partial charge on any atom is -0.456 e. The van der Waals surface area contributed by atoms with E-state index in [1.54, 1.807) is 23.9 Å². The van der Waals surface area contributed by atoms with E-state index in [-0.39, 0.29) is 10.0 Å². The summed E-state index contributed by atoms with van der Waals surface area (Å²) in [5.74, 6) is 1.19. The van der Waals surface area contributed by atoms with Gasteiger partial charge in [0.2, 0.25) is 0 Å². The lowest BCUT2D eigenvalue weighted by molar-refractivity contribution is 0.474. The minimum absolute atomic E-state index is 0.0483. The highest BCUT2D eigenvalue weighted by Gasteiger charge is 2.13. The molecule has 0 heterocycles. The largest absolute Gasteiger partial charge is 0.456 e. The molecule has 2 rings (SSSR count). The van der Waals surface area contributed by atoms with Crippen LogP contribution in [-0.4, -0.2) is 10.7 Å². The van der Waals surface area contributed by atoms with Crippen LogP contribution in [0.25, 0.3) is 0 Å². The zero-order chi connectivity index (χ0) is 15.4. The Bertz CT molecular complexity index is 679. The second-order valence-electron chi connectivity index (χ2n) is 4.10. The Morgan fingerprint density at radius 3 is 2.76 bits per heavy atom. The molecule has 0 saturated carbocycles. The third kappa shape index (κ3) is 3.87. The zero-order valence-electron chi connectivity index (χ0n) is 11.2. The molecule has 2 aromatic rings. The van der Waals surface area contributed by atoms with Crippen LogP contribution < -0.4 is 10.5 Å². The average Bonchev–Trinajstić information content (AvgIpc) is 2.43. The SMILES string of the molecule is CCSc1cccc(Oc2ccc(Cl)c(F)c2)c1C(N)=S. The molecule has 0 amide bonds. The summed E-state index contributed by atoms with van der Waals surface area (Å²) in [6, 6.07) is 9.79. The van der Waals surface area contributed by atoms with E-state index in [0.717, 1.165) is 10.6 Å². The topological polar surface area (TPSA) is 35.2 Å². The smallest absolute Gasteiger partial charge is 0.145 e. The number of hydrogen-bond acceptors (Lipinski definition) is 3. The van der Waals surface area contributed by atoms with Crippen molar-refractivity contribution in [1.82, 2.24) is 0 Å². The highest BCUT2D eigenvalue weighted by atomic mass is 35.5. The molecular weight excluding hydrogens is 329 g/mol. The molecule has 0 unspecified atom stereocenters. The number of hydrogen-bond donors (Lipinski definition) is 1. The van der Waals surface area contributed by atoms with Crippen LogP contribution in [0.2, 0.25) is 5.02 Å². The maximum absolute atomic E-state index is 13.5. The molecular formula is C15H13ClFNOS2. The number of thioether (sulfide) groups is 1. The summed E-state index contributed by atoms with van der Waals surface area (Å²) in [6.45, 7) is 2.04. The quantitative estimate of drug-likeness (QED) is 0.612. The Kier molecular flexibility index (Phi) is 5.45. The van der Waals surface area contributed by atoms with Gasteiger partial charge in [0, 0.05) is 11.0 Å². The Morgan fingerprint density at radius 1 is 1.38 bits per heavy atom. The lowest BCUT2D eigenvalue weighted by Gasteiger charge is -2.14.